The molecular weight excluding hydrogens is 276 g/mol. The minimum Gasteiger partial charge on any atom is -0.384 e. The number of rotatable bonds is 7. The van der Waals surface area contributed by atoms with Crippen LogP contribution in [-0.2, 0) is 0 Å². The SMILES string of the molecule is CCN(CCNc1ccc(Br)cc1)CC(C)C. The normalized spacial score (nSPS) is 11.2. The van der Waals surface area contributed by atoms with Crippen LogP contribution >= 0.6 is 15.9 Å². The van der Waals surface area contributed by atoms with Gasteiger partial charge in [0.15, 0.2) is 0 Å². The van der Waals surface area contributed by atoms with Gasteiger partial charge >= 0.3 is 0 Å². The van der Waals surface area contributed by atoms with Gasteiger partial charge in [-0.2, -0.15) is 0 Å². The number of halogens is 1. The molecule has 1 rings (SSSR count). The Labute approximate surface area is 114 Å². The first kappa shape index (κ1) is 14.5. The highest BCUT2D eigenvalue weighted by molar-refractivity contribution is 9.10. The van der Waals surface area contributed by atoms with Gasteiger partial charge in [-0.3, -0.25) is 0 Å². The molecule has 0 spiro atoms. The number of nitrogens with one attached hydrogen (secondary N) is 1. The smallest absolute Gasteiger partial charge is 0.0341 e. The maximum Gasteiger partial charge on any atom is 0.0341 e. The zero-order valence-electron chi connectivity index (χ0n) is 11.0. The third-order valence-electron chi connectivity index (χ3n) is 2.67. The van der Waals surface area contributed by atoms with Gasteiger partial charge in [0, 0.05) is 29.8 Å². The van der Waals surface area contributed by atoms with Crippen LogP contribution in [0, 0.1) is 5.92 Å². The lowest BCUT2D eigenvalue weighted by Gasteiger charge is -2.22. The molecule has 3 heteroatoms. The summed E-state index contributed by atoms with van der Waals surface area (Å²) < 4.78 is 1.12. The molecule has 0 bridgehead atoms. The number of hydrogen-bond donors (Lipinski definition) is 1. The Hall–Kier alpha value is -0.540. The Bertz CT molecular complexity index is 309. The van der Waals surface area contributed by atoms with Gasteiger partial charge in [0.2, 0.25) is 0 Å². The molecule has 1 N–H and O–H groups in total. The van der Waals surface area contributed by atoms with E-state index >= 15 is 0 Å². The van der Waals surface area contributed by atoms with Gasteiger partial charge in [-0.1, -0.05) is 36.7 Å². The Morgan fingerprint density at radius 1 is 1.24 bits per heavy atom. The highest BCUT2D eigenvalue weighted by atomic mass is 79.9. The Morgan fingerprint density at radius 3 is 2.41 bits per heavy atom. The number of nitrogens with zero attached hydrogens (tertiary/aromatic N) is 1. The first-order valence-corrected chi connectivity index (χ1v) is 7.13. The van der Waals surface area contributed by atoms with Gasteiger partial charge in [-0.25, -0.2) is 0 Å². The highest BCUT2D eigenvalue weighted by Gasteiger charge is 2.04. The molecule has 0 fully saturated rings. The van der Waals surface area contributed by atoms with Gasteiger partial charge in [0.25, 0.3) is 0 Å². The predicted molar refractivity (Wildman–Crippen MR) is 79.6 cm³/mol. The fourth-order valence-corrected chi connectivity index (χ4v) is 2.09. The highest BCUT2D eigenvalue weighted by Crippen LogP contribution is 2.13. The van der Waals surface area contributed by atoms with Gasteiger partial charge in [-0.05, 0) is 36.7 Å². The molecule has 0 saturated carbocycles. The minimum atomic E-state index is 0.739. The maximum atomic E-state index is 3.45. The average molecular weight is 299 g/mol. The Balaban J connectivity index is 2.28. The van der Waals surface area contributed by atoms with Gasteiger partial charge < -0.3 is 10.2 Å². The van der Waals surface area contributed by atoms with Crippen LogP contribution in [0.25, 0.3) is 0 Å². The van der Waals surface area contributed by atoms with Crippen molar-refractivity contribution < 1.29 is 0 Å². The summed E-state index contributed by atoms with van der Waals surface area (Å²) in [4.78, 5) is 2.48. The number of benzene rings is 1. The van der Waals surface area contributed by atoms with Crippen molar-refractivity contribution >= 4 is 21.6 Å². The lowest BCUT2D eigenvalue weighted by molar-refractivity contribution is 0.265. The predicted octanol–water partition coefficient (Wildman–Crippen LogP) is 3.84. The minimum absolute atomic E-state index is 0.739. The van der Waals surface area contributed by atoms with Crippen LogP contribution in [-0.4, -0.2) is 31.1 Å². The fourth-order valence-electron chi connectivity index (χ4n) is 1.82. The fraction of sp³-hybridized carbons (Fsp3) is 0.571. The van der Waals surface area contributed by atoms with E-state index < -0.39 is 0 Å². The molecule has 0 heterocycles. The summed E-state index contributed by atoms with van der Waals surface area (Å²) in [6.45, 7) is 11.2. The van der Waals surface area contributed by atoms with E-state index in [1.165, 1.54) is 12.2 Å². The molecule has 2 nitrogen and oxygen atoms in total. The first-order valence-electron chi connectivity index (χ1n) is 6.33. The summed E-state index contributed by atoms with van der Waals surface area (Å²) in [5, 5.41) is 3.45. The standard InChI is InChI=1S/C14H23BrN2/c1-4-17(11-12(2)3)10-9-16-14-7-5-13(15)6-8-14/h5-8,12,16H,4,9-11H2,1-3H3. The Kier molecular flexibility index (Phi) is 6.60. The van der Waals surface area contributed by atoms with E-state index in [0.717, 1.165) is 30.0 Å². The van der Waals surface area contributed by atoms with E-state index in [2.05, 4.69) is 71.2 Å². The third kappa shape index (κ3) is 6.08. The molecule has 0 saturated heterocycles. The summed E-state index contributed by atoms with van der Waals surface area (Å²) in [5.74, 6) is 0.739. The molecule has 0 amide bonds. The van der Waals surface area contributed by atoms with Crippen molar-refractivity contribution in [2.75, 3.05) is 31.5 Å². The molecule has 0 aromatic heterocycles. The maximum absolute atomic E-state index is 3.45. The van der Waals surface area contributed by atoms with Gasteiger partial charge in [0.1, 0.15) is 0 Å². The van der Waals surface area contributed by atoms with Crippen LogP contribution in [0.1, 0.15) is 20.8 Å². The van der Waals surface area contributed by atoms with Crippen molar-refractivity contribution in [3.63, 3.8) is 0 Å². The Morgan fingerprint density at radius 2 is 1.88 bits per heavy atom. The monoisotopic (exact) mass is 298 g/mol. The molecule has 0 aliphatic carbocycles. The van der Waals surface area contributed by atoms with E-state index in [1.54, 1.807) is 0 Å². The van der Waals surface area contributed by atoms with E-state index in [9.17, 15) is 0 Å². The molecule has 0 aliphatic heterocycles. The second-order valence-electron chi connectivity index (χ2n) is 4.72. The van der Waals surface area contributed by atoms with Crippen molar-refractivity contribution in [1.29, 1.82) is 0 Å². The first-order chi connectivity index (χ1) is 8.11. The van der Waals surface area contributed by atoms with Crippen LogP contribution in [0.5, 0.6) is 0 Å². The molecule has 17 heavy (non-hydrogen) atoms. The summed E-state index contributed by atoms with van der Waals surface area (Å²) in [5.41, 5.74) is 1.19. The quantitative estimate of drug-likeness (QED) is 0.823. The van der Waals surface area contributed by atoms with E-state index in [1.807, 2.05) is 0 Å². The van der Waals surface area contributed by atoms with Crippen LogP contribution in [0.3, 0.4) is 0 Å². The molecule has 1 aromatic rings. The van der Waals surface area contributed by atoms with Crippen molar-refractivity contribution in [2.24, 2.45) is 5.92 Å². The molecule has 0 unspecified atom stereocenters. The van der Waals surface area contributed by atoms with Crippen molar-refractivity contribution in [1.82, 2.24) is 4.90 Å². The van der Waals surface area contributed by atoms with E-state index in [4.69, 9.17) is 0 Å². The molecule has 1 aromatic carbocycles. The molecular formula is C14H23BrN2. The molecule has 0 atom stereocenters. The lowest BCUT2D eigenvalue weighted by atomic mass is 10.2. The molecule has 96 valence electrons. The number of likely N-dealkylation sites (N-methyl/N-ethyl adjacent to an activating group) is 1. The van der Waals surface area contributed by atoms with Crippen molar-refractivity contribution in [3.8, 4) is 0 Å². The molecule has 0 radical (unpaired) electrons. The molecule has 0 aliphatic rings. The van der Waals surface area contributed by atoms with Crippen LogP contribution in [0.4, 0.5) is 5.69 Å². The van der Waals surface area contributed by atoms with Crippen LogP contribution in [0.15, 0.2) is 28.7 Å². The lowest BCUT2D eigenvalue weighted by Crippen LogP contribution is -2.32. The number of anilines is 1. The van der Waals surface area contributed by atoms with Crippen molar-refractivity contribution in [3.05, 3.63) is 28.7 Å². The summed E-state index contributed by atoms with van der Waals surface area (Å²) in [7, 11) is 0. The zero-order chi connectivity index (χ0) is 12.7. The summed E-state index contributed by atoms with van der Waals surface area (Å²) in [6.07, 6.45) is 0. The average Bonchev–Trinajstić information content (AvgIpc) is 2.30. The number of hydrogen-bond acceptors (Lipinski definition) is 2. The van der Waals surface area contributed by atoms with E-state index in [0.29, 0.717) is 0 Å². The van der Waals surface area contributed by atoms with Gasteiger partial charge in [-0.15, -0.1) is 0 Å². The summed E-state index contributed by atoms with van der Waals surface area (Å²) in [6, 6.07) is 8.33. The van der Waals surface area contributed by atoms with Crippen molar-refractivity contribution in [2.45, 2.75) is 20.8 Å². The van der Waals surface area contributed by atoms with Crippen LogP contribution in [0.2, 0.25) is 0 Å². The van der Waals surface area contributed by atoms with Crippen LogP contribution < -0.4 is 5.32 Å². The topological polar surface area (TPSA) is 15.3 Å². The summed E-state index contributed by atoms with van der Waals surface area (Å²) >= 11 is 3.44. The van der Waals surface area contributed by atoms with E-state index in [-0.39, 0.29) is 0 Å². The third-order valence-corrected chi connectivity index (χ3v) is 3.20. The van der Waals surface area contributed by atoms with Gasteiger partial charge in [0.05, 0.1) is 0 Å². The largest absolute Gasteiger partial charge is 0.384 e. The zero-order valence-corrected chi connectivity index (χ0v) is 12.6. The second kappa shape index (κ2) is 7.72. The second-order valence-corrected chi connectivity index (χ2v) is 5.64.